The highest BCUT2D eigenvalue weighted by molar-refractivity contribution is 5.16. The number of nitrogens with zero attached hydrogens (tertiary/aromatic N) is 2. The number of hydrogen-bond donors (Lipinski definition) is 2. The zero-order valence-electron chi connectivity index (χ0n) is 7.19. The fraction of sp³-hybridized carbons (Fsp3) is 0.625. The van der Waals surface area contributed by atoms with Crippen molar-refractivity contribution in [2.75, 3.05) is 6.61 Å². The SMILES string of the molecule is Cn1ncc(CO)c1CCCO. The van der Waals surface area contributed by atoms with E-state index in [-0.39, 0.29) is 13.2 Å². The highest BCUT2D eigenvalue weighted by Gasteiger charge is 2.05. The molecule has 4 heteroatoms. The minimum Gasteiger partial charge on any atom is -0.396 e. The summed E-state index contributed by atoms with van der Waals surface area (Å²) in [5, 5.41) is 21.6. The van der Waals surface area contributed by atoms with Gasteiger partial charge in [-0.2, -0.15) is 5.10 Å². The van der Waals surface area contributed by atoms with Crippen LogP contribution in [-0.2, 0) is 20.1 Å². The molecule has 0 atom stereocenters. The average Bonchev–Trinajstić information content (AvgIpc) is 2.43. The molecule has 0 aromatic carbocycles. The third-order valence-corrected chi connectivity index (χ3v) is 1.89. The molecule has 1 aromatic heterocycles. The molecule has 68 valence electrons. The van der Waals surface area contributed by atoms with Gasteiger partial charge in [-0.05, 0) is 12.8 Å². The van der Waals surface area contributed by atoms with E-state index in [9.17, 15) is 0 Å². The first-order chi connectivity index (χ1) is 5.79. The lowest BCUT2D eigenvalue weighted by Crippen LogP contribution is -2.02. The van der Waals surface area contributed by atoms with Gasteiger partial charge in [-0.3, -0.25) is 4.68 Å². The summed E-state index contributed by atoms with van der Waals surface area (Å²) in [6, 6.07) is 0. The second-order valence-corrected chi connectivity index (χ2v) is 2.73. The van der Waals surface area contributed by atoms with Crippen LogP contribution in [-0.4, -0.2) is 26.6 Å². The lowest BCUT2D eigenvalue weighted by atomic mass is 10.1. The highest BCUT2D eigenvalue weighted by Crippen LogP contribution is 2.09. The van der Waals surface area contributed by atoms with Crippen molar-refractivity contribution in [3.8, 4) is 0 Å². The number of rotatable bonds is 4. The van der Waals surface area contributed by atoms with Crippen molar-refractivity contribution in [2.24, 2.45) is 7.05 Å². The Morgan fingerprint density at radius 1 is 1.50 bits per heavy atom. The maximum Gasteiger partial charge on any atom is 0.0715 e. The zero-order chi connectivity index (χ0) is 8.97. The smallest absolute Gasteiger partial charge is 0.0715 e. The van der Waals surface area contributed by atoms with Gasteiger partial charge in [0.25, 0.3) is 0 Å². The van der Waals surface area contributed by atoms with E-state index in [2.05, 4.69) is 5.10 Å². The van der Waals surface area contributed by atoms with Crippen LogP contribution in [0.2, 0.25) is 0 Å². The van der Waals surface area contributed by atoms with Gasteiger partial charge in [0.2, 0.25) is 0 Å². The van der Waals surface area contributed by atoms with Gasteiger partial charge in [0.1, 0.15) is 0 Å². The Balaban J connectivity index is 2.72. The summed E-state index contributed by atoms with van der Waals surface area (Å²) in [4.78, 5) is 0. The molecule has 12 heavy (non-hydrogen) atoms. The van der Waals surface area contributed by atoms with E-state index in [0.29, 0.717) is 6.42 Å². The normalized spacial score (nSPS) is 10.6. The monoisotopic (exact) mass is 170 g/mol. The minimum atomic E-state index is 0.0224. The molecule has 0 radical (unpaired) electrons. The molecular formula is C8H14N2O2. The van der Waals surface area contributed by atoms with Crippen LogP contribution < -0.4 is 0 Å². The molecular weight excluding hydrogens is 156 g/mol. The molecule has 0 aliphatic carbocycles. The van der Waals surface area contributed by atoms with Gasteiger partial charge in [-0.25, -0.2) is 0 Å². The van der Waals surface area contributed by atoms with E-state index in [1.165, 1.54) is 0 Å². The van der Waals surface area contributed by atoms with Gasteiger partial charge >= 0.3 is 0 Å². The van der Waals surface area contributed by atoms with Gasteiger partial charge in [0.15, 0.2) is 0 Å². The molecule has 1 heterocycles. The fourth-order valence-corrected chi connectivity index (χ4v) is 1.21. The minimum absolute atomic E-state index is 0.0224. The van der Waals surface area contributed by atoms with E-state index >= 15 is 0 Å². The Morgan fingerprint density at radius 3 is 2.83 bits per heavy atom. The summed E-state index contributed by atoms with van der Waals surface area (Å²) in [5.74, 6) is 0. The van der Waals surface area contributed by atoms with E-state index < -0.39 is 0 Å². The second kappa shape index (κ2) is 4.23. The predicted octanol–water partition coefficient (Wildman–Crippen LogP) is -0.163. The Bertz CT molecular complexity index is 245. The third-order valence-electron chi connectivity index (χ3n) is 1.89. The molecule has 0 saturated carbocycles. The Labute approximate surface area is 71.5 Å². The third kappa shape index (κ3) is 1.84. The summed E-state index contributed by atoms with van der Waals surface area (Å²) >= 11 is 0. The second-order valence-electron chi connectivity index (χ2n) is 2.73. The number of aryl methyl sites for hydroxylation is 1. The summed E-state index contributed by atoms with van der Waals surface area (Å²) in [6.45, 7) is 0.199. The Morgan fingerprint density at radius 2 is 2.25 bits per heavy atom. The number of aliphatic hydroxyl groups excluding tert-OH is 2. The first kappa shape index (κ1) is 9.22. The van der Waals surface area contributed by atoms with E-state index in [4.69, 9.17) is 10.2 Å². The topological polar surface area (TPSA) is 58.3 Å². The van der Waals surface area contributed by atoms with Gasteiger partial charge in [-0.15, -0.1) is 0 Å². The van der Waals surface area contributed by atoms with Crippen LogP contribution in [0, 0.1) is 0 Å². The maximum absolute atomic E-state index is 8.92. The maximum atomic E-state index is 8.92. The summed E-state index contributed by atoms with van der Waals surface area (Å²) < 4.78 is 1.74. The van der Waals surface area contributed by atoms with Crippen LogP contribution in [0.5, 0.6) is 0 Å². The molecule has 0 fully saturated rings. The Kier molecular flexibility index (Phi) is 3.25. The van der Waals surface area contributed by atoms with Crippen LogP contribution in [0.4, 0.5) is 0 Å². The van der Waals surface area contributed by atoms with Crippen LogP contribution in [0.25, 0.3) is 0 Å². The van der Waals surface area contributed by atoms with Gasteiger partial charge in [0.05, 0.1) is 12.8 Å². The van der Waals surface area contributed by atoms with E-state index in [1.807, 2.05) is 7.05 Å². The first-order valence-electron chi connectivity index (χ1n) is 4.01. The van der Waals surface area contributed by atoms with Crippen molar-refractivity contribution >= 4 is 0 Å². The van der Waals surface area contributed by atoms with Crippen LogP contribution in [0.1, 0.15) is 17.7 Å². The van der Waals surface area contributed by atoms with Crippen LogP contribution >= 0.6 is 0 Å². The number of hydrogen-bond acceptors (Lipinski definition) is 3. The molecule has 0 amide bonds. The quantitative estimate of drug-likeness (QED) is 0.660. The average molecular weight is 170 g/mol. The first-order valence-corrected chi connectivity index (χ1v) is 4.01. The van der Waals surface area contributed by atoms with Crippen LogP contribution in [0.15, 0.2) is 6.20 Å². The summed E-state index contributed by atoms with van der Waals surface area (Å²) in [7, 11) is 1.84. The molecule has 0 saturated heterocycles. The molecule has 2 N–H and O–H groups in total. The van der Waals surface area contributed by atoms with Crippen LogP contribution in [0.3, 0.4) is 0 Å². The molecule has 0 aliphatic heterocycles. The van der Waals surface area contributed by atoms with Gasteiger partial charge < -0.3 is 10.2 Å². The summed E-state index contributed by atoms with van der Waals surface area (Å²) in [5.41, 5.74) is 1.86. The van der Waals surface area contributed by atoms with Crippen molar-refractivity contribution < 1.29 is 10.2 Å². The molecule has 0 aliphatic rings. The standard InChI is InChI=1S/C8H14N2O2/c1-10-8(3-2-4-11)7(6-12)5-9-10/h5,11-12H,2-4,6H2,1H3. The number of aromatic nitrogens is 2. The van der Waals surface area contributed by atoms with Crippen molar-refractivity contribution in [1.29, 1.82) is 0 Å². The summed E-state index contributed by atoms with van der Waals surface area (Å²) in [6.07, 6.45) is 3.14. The molecule has 1 aromatic rings. The molecule has 0 bridgehead atoms. The largest absolute Gasteiger partial charge is 0.396 e. The molecule has 0 spiro atoms. The predicted molar refractivity (Wildman–Crippen MR) is 44.5 cm³/mol. The van der Waals surface area contributed by atoms with Gasteiger partial charge in [-0.1, -0.05) is 0 Å². The fourth-order valence-electron chi connectivity index (χ4n) is 1.21. The van der Waals surface area contributed by atoms with Crippen molar-refractivity contribution in [2.45, 2.75) is 19.4 Å². The number of aliphatic hydroxyl groups is 2. The van der Waals surface area contributed by atoms with Crippen molar-refractivity contribution in [3.63, 3.8) is 0 Å². The van der Waals surface area contributed by atoms with Crippen molar-refractivity contribution in [3.05, 3.63) is 17.5 Å². The van der Waals surface area contributed by atoms with Gasteiger partial charge in [0, 0.05) is 24.9 Å². The lowest BCUT2D eigenvalue weighted by Gasteiger charge is -2.02. The molecule has 4 nitrogen and oxygen atoms in total. The molecule has 0 unspecified atom stereocenters. The lowest BCUT2D eigenvalue weighted by molar-refractivity contribution is 0.276. The van der Waals surface area contributed by atoms with E-state index in [1.54, 1.807) is 10.9 Å². The van der Waals surface area contributed by atoms with E-state index in [0.717, 1.165) is 17.7 Å². The Hall–Kier alpha value is -0.870. The molecule has 1 rings (SSSR count). The zero-order valence-corrected chi connectivity index (χ0v) is 7.19. The van der Waals surface area contributed by atoms with Crippen molar-refractivity contribution in [1.82, 2.24) is 9.78 Å². The highest BCUT2D eigenvalue weighted by atomic mass is 16.3.